The van der Waals surface area contributed by atoms with Gasteiger partial charge in [-0.1, -0.05) is 60.7 Å². The molecule has 24 heavy (non-hydrogen) atoms. The summed E-state index contributed by atoms with van der Waals surface area (Å²) in [6, 6.07) is 24.0. The summed E-state index contributed by atoms with van der Waals surface area (Å²) < 4.78 is 1.98. The highest BCUT2D eigenvalue weighted by atomic mass is 16.2. The molecule has 0 saturated heterocycles. The van der Waals surface area contributed by atoms with E-state index in [4.69, 9.17) is 0 Å². The number of nitrogens with one attached hydrogen (secondary N) is 1. The highest BCUT2D eigenvalue weighted by Crippen LogP contribution is 2.15. The van der Waals surface area contributed by atoms with E-state index >= 15 is 0 Å². The van der Waals surface area contributed by atoms with E-state index < -0.39 is 0 Å². The lowest BCUT2D eigenvalue weighted by Crippen LogP contribution is -2.34. The SMILES string of the molecule is O=C(NCCc1ccccc1)[C@H](Cc1ccccc1)n1cccc1. The molecular formula is C21H22N2O. The van der Waals surface area contributed by atoms with E-state index in [0.29, 0.717) is 13.0 Å². The highest BCUT2D eigenvalue weighted by molar-refractivity contribution is 5.80. The molecule has 3 aromatic rings. The van der Waals surface area contributed by atoms with Crippen LogP contribution in [0.5, 0.6) is 0 Å². The van der Waals surface area contributed by atoms with Crippen molar-refractivity contribution in [3.8, 4) is 0 Å². The average Bonchev–Trinajstić information content (AvgIpc) is 3.16. The van der Waals surface area contributed by atoms with Crippen molar-refractivity contribution < 1.29 is 4.79 Å². The van der Waals surface area contributed by atoms with Gasteiger partial charge in [0.05, 0.1) is 0 Å². The van der Waals surface area contributed by atoms with Crippen molar-refractivity contribution in [1.82, 2.24) is 9.88 Å². The van der Waals surface area contributed by atoms with Crippen molar-refractivity contribution in [2.75, 3.05) is 6.54 Å². The summed E-state index contributed by atoms with van der Waals surface area (Å²) in [6.07, 6.45) is 5.43. The number of carbonyl (C=O) groups excluding carboxylic acids is 1. The van der Waals surface area contributed by atoms with E-state index in [1.807, 2.05) is 65.5 Å². The maximum atomic E-state index is 12.7. The molecule has 0 aliphatic heterocycles. The van der Waals surface area contributed by atoms with Gasteiger partial charge in [-0.2, -0.15) is 0 Å². The lowest BCUT2D eigenvalue weighted by Gasteiger charge is -2.19. The van der Waals surface area contributed by atoms with Gasteiger partial charge in [0.15, 0.2) is 0 Å². The molecule has 0 saturated carbocycles. The van der Waals surface area contributed by atoms with Gasteiger partial charge in [0.2, 0.25) is 5.91 Å². The molecule has 1 amide bonds. The van der Waals surface area contributed by atoms with E-state index in [2.05, 4.69) is 29.6 Å². The third-order valence-corrected chi connectivity index (χ3v) is 4.12. The van der Waals surface area contributed by atoms with E-state index in [-0.39, 0.29) is 11.9 Å². The van der Waals surface area contributed by atoms with Gasteiger partial charge >= 0.3 is 0 Å². The molecular weight excluding hydrogens is 296 g/mol. The number of nitrogens with zero attached hydrogens (tertiary/aromatic N) is 1. The monoisotopic (exact) mass is 318 g/mol. The molecule has 0 aliphatic carbocycles. The summed E-state index contributed by atoms with van der Waals surface area (Å²) in [5, 5.41) is 3.08. The first-order valence-electron chi connectivity index (χ1n) is 8.31. The third kappa shape index (κ3) is 4.35. The zero-order valence-electron chi connectivity index (χ0n) is 13.6. The lowest BCUT2D eigenvalue weighted by molar-refractivity contribution is -0.124. The minimum atomic E-state index is -0.224. The maximum Gasteiger partial charge on any atom is 0.243 e. The molecule has 1 aromatic heterocycles. The Kier molecular flexibility index (Phi) is 5.46. The summed E-state index contributed by atoms with van der Waals surface area (Å²) in [6.45, 7) is 0.648. The fourth-order valence-corrected chi connectivity index (χ4v) is 2.82. The van der Waals surface area contributed by atoms with Crippen LogP contribution in [0.25, 0.3) is 0 Å². The van der Waals surface area contributed by atoms with Crippen LogP contribution in [0.2, 0.25) is 0 Å². The molecule has 0 radical (unpaired) electrons. The number of carbonyl (C=O) groups is 1. The van der Waals surface area contributed by atoms with Gasteiger partial charge in [-0.3, -0.25) is 4.79 Å². The van der Waals surface area contributed by atoms with Gasteiger partial charge in [0, 0.05) is 25.4 Å². The molecule has 1 N–H and O–H groups in total. The van der Waals surface area contributed by atoms with Crippen LogP contribution >= 0.6 is 0 Å². The maximum absolute atomic E-state index is 12.7. The number of amides is 1. The Balaban J connectivity index is 1.63. The van der Waals surface area contributed by atoms with Crippen molar-refractivity contribution in [2.45, 2.75) is 18.9 Å². The zero-order chi connectivity index (χ0) is 16.6. The van der Waals surface area contributed by atoms with E-state index in [1.54, 1.807) is 0 Å². The van der Waals surface area contributed by atoms with Crippen LogP contribution < -0.4 is 5.32 Å². The topological polar surface area (TPSA) is 34.0 Å². The van der Waals surface area contributed by atoms with E-state index in [1.165, 1.54) is 5.56 Å². The number of aromatic nitrogens is 1. The van der Waals surface area contributed by atoms with Crippen LogP contribution in [0.3, 0.4) is 0 Å². The van der Waals surface area contributed by atoms with Crippen molar-refractivity contribution in [2.24, 2.45) is 0 Å². The zero-order valence-corrected chi connectivity index (χ0v) is 13.6. The predicted octanol–water partition coefficient (Wildman–Crippen LogP) is 3.63. The molecule has 0 spiro atoms. The molecule has 3 rings (SSSR count). The van der Waals surface area contributed by atoms with Gasteiger partial charge in [0.25, 0.3) is 0 Å². The van der Waals surface area contributed by atoms with Crippen LogP contribution in [-0.2, 0) is 17.6 Å². The molecule has 3 nitrogen and oxygen atoms in total. The first kappa shape index (κ1) is 16.1. The Labute approximate surface area is 143 Å². The second-order valence-corrected chi connectivity index (χ2v) is 5.86. The Morgan fingerprint density at radius 3 is 2.04 bits per heavy atom. The number of hydrogen-bond donors (Lipinski definition) is 1. The van der Waals surface area contributed by atoms with Crippen LogP contribution in [0.1, 0.15) is 17.2 Å². The minimum Gasteiger partial charge on any atom is -0.354 e. The van der Waals surface area contributed by atoms with Gasteiger partial charge in [-0.05, 0) is 29.7 Å². The fourth-order valence-electron chi connectivity index (χ4n) is 2.82. The molecule has 1 heterocycles. The summed E-state index contributed by atoms with van der Waals surface area (Å²) >= 11 is 0. The first-order chi connectivity index (χ1) is 11.8. The number of benzene rings is 2. The molecule has 122 valence electrons. The molecule has 3 heteroatoms. The predicted molar refractivity (Wildman–Crippen MR) is 96.8 cm³/mol. The van der Waals surface area contributed by atoms with E-state index in [0.717, 1.165) is 12.0 Å². The van der Waals surface area contributed by atoms with Gasteiger partial charge in [0.1, 0.15) is 6.04 Å². The normalized spacial score (nSPS) is 11.8. The largest absolute Gasteiger partial charge is 0.354 e. The Morgan fingerprint density at radius 1 is 0.833 bits per heavy atom. The van der Waals surface area contributed by atoms with Gasteiger partial charge in [-0.15, -0.1) is 0 Å². The van der Waals surface area contributed by atoms with Gasteiger partial charge in [-0.25, -0.2) is 0 Å². The first-order valence-corrected chi connectivity index (χ1v) is 8.31. The molecule has 0 unspecified atom stereocenters. The molecule has 1 atom stereocenters. The molecule has 0 bridgehead atoms. The third-order valence-electron chi connectivity index (χ3n) is 4.12. The number of rotatable bonds is 7. The quantitative estimate of drug-likeness (QED) is 0.709. The summed E-state index contributed by atoms with van der Waals surface area (Å²) in [4.78, 5) is 12.7. The molecule has 0 fully saturated rings. The van der Waals surface area contributed by atoms with Crippen molar-refractivity contribution >= 4 is 5.91 Å². The van der Waals surface area contributed by atoms with Crippen molar-refractivity contribution in [3.05, 3.63) is 96.3 Å². The summed E-state index contributed by atoms with van der Waals surface area (Å²) in [5.74, 6) is 0.0611. The molecule has 0 aliphatic rings. The Morgan fingerprint density at radius 2 is 1.42 bits per heavy atom. The smallest absolute Gasteiger partial charge is 0.243 e. The highest BCUT2D eigenvalue weighted by Gasteiger charge is 2.19. The van der Waals surface area contributed by atoms with Crippen LogP contribution in [0.4, 0.5) is 0 Å². The second-order valence-electron chi connectivity index (χ2n) is 5.86. The Hall–Kier alpha value is -2.81. The lowest BCUT2D eigenvalue weighted by atomic mass is 10.0. The van der Waals surface area contributed by atoms with Crippen LogP contribution in [0, 0.1) is 0 Å². The Bertz CT molecular complexity index is 736. The van der Waals surface area contributed by atoms with E-state index in [9.17, 15) is 4.79 Å². The summed E-state index contributed by atoms with van der Waals surface area (Å²) in [5.41, 5.74) is 2.40. The summed E-state index contributed by atoms with van der Waals surface area (Å²) in [7, 11) is 0. The number of hydrogen-bond acceptors (Lipinski definition) is 1. The van der Waals surface area contributed by atoms with Crippen molar-refractivity contribution in [1.29, 1.82) is 0 Å². The van der Waals surface area contributed by atoms with Crippen molar-refractivity contribution in [3.63, 3.8) is 0 Å². The van der Waals surface area contributed by atoms with Crippen LogP contribution in [-0.4, -0.2) is 17.0 Å². The van der Waals surface area contributed by atoms with Gasteiger partial charge < -0.3 is 9.88 Å². The average molecular weight is 318 g/mol. The minimum absolute atomic E-state index is 0.0611. The van der Waals surface area contributed by atoms with Crippen LogP contribution in [0.15, 0.2) is 85.2 Å². The fraction of sp³-hybridized carbons (Fsp3) is 0.190. The molecule has 2 aromatic carbocycles. The second kappa shape index (κ2) is 8.16. The standard InChI is InChI=1S/C21H22N2O/c24-21(22-14-13-18-9-3-1-4-10-18)20(23-15-7-8-16-23)17-19-11-5-2-6-12-19/h1-12,15-16,20H,13-14,17H2,(H,22,24)/t20-/m0/s1.